The van der Waals surface area contributed by atoms with Gasteiger partial charge in [-0.05, 0) is 60.7 Å². The van der Waals surface area contributed by atoms with Crippen molar-refractivity contribution in [2.24, 2.45) is 28.6 Å². The lowest BCUT2D eigenvalue weighted by molar-refractivity contribution is -0.133. The molecule has 5 unspecified atom stereocenters. The first kappa shape index (κ1) is 8.32. The molecule has 4 bridgehead atoms. The third kappa shape index (κ3) is 0.980. The molecule has 0 spiro atoms. The van der Waals surface area contributed by atoms with Crippen LogP contribution in [0.3, 0.4) is 0 Å². The predicted octanol–water partition coefficient (Wildman–Crippen LogP) is 3.86. The van der Waals surface area contributed by atoms with Crippen LogP contribution in [0.25, 0.3) is 0 Å². The second-order valence-corrected chi connectivity index (χ2v) is 6.90. The first-order valence-electron chi connectivity index (χ1n) is 6.01. The lowest BCUT2D eigenvalue weighted by Crippen LogP contribution is -2.54. The minimum absolute atomic E-state index is 0.721. The molecule has 13 heavy (non-hydrogen) atoms. The zero-order valence-electron chi connectivity index (χ0n) is 9.27. The number of hydrogen-bond donors (Lipinski definition) is 0. The maximum Gasteiger partial charge on any atom is -0.0290 e. The number of rotatable bonds is 0. The molecule has 0 aromatic rings. The quantitative estimate of drug-likeness (QED) is 0.528. The Morgan fingerprint density at radius 3 is 2.46 bits per heavy atom. The Morgan fingerprint density at radius 1 is 1.08 bits per heavy atom. The van der Waals surface area contributed by atoms with Gasteiger partial charge in [-0.1, -0.05) is 20.8 Å². The highest BCUT2D eigenvalue weighted by molar-refractivity contribution is 5.07. The van der Waals surface area contributed by atoms with Crippen molar-refractivity contribution in [2.75, 3.05) is 0 Å². The number of hydrogen-bond acceptors (Lipinski definition) is 0. The van der Waals surface area contributed by atoms with E-state index < -0.39 is 0 Å². The molecule has 74 valence electrons. The Balaban J connectivity index is 2.01. The molecule has 0 heteroatoms. The van der Waals surface area contributed by atoms with Gasteiger partial charge in [-0.2, -0.15) is 0 Å². The molecule has 0 aromatic heterocycles. The van der Waals surface area contributed by atoms with Gasteiger partial charge in [0.2, 0.25) is 0 Å². The van der Waals surface area contributed by atoms with E-state index in [0.717, 1.165) is 28.6 Å². The standard InChI is InChI=1S/C13H22/c1-9-11-4-10-5-12(2,7-11)8-13(9,3)6-10/h9-11H,4-8H2,1-3H3. The first-order chi connectivity index (χ1) is 6.01. The molecule has 4 aliphatic carbocycles. The average molecular weight is 178 g/mol. The molecular weight excluding hydrogens is 156 g/mol. The summed E-state index contributed by atoms with van der Waals surface area (Å²) in [4.78, 5) is 0. The van der Waals surface area contributed by atoms with Gasteiger partial charge in [-0.25, -0.2) is 0 Å². The van der Waals surface area contributed by atoms with Crippen LogP contribution >= 0.6 is 0 Å². The second-order valence-electron chi connectivity index (χ2n) is 6.90. The van der Waals surface area contributed by atoms with Crippen LogP contribution in [0.4, 0.5) is 0 Å². The Bertz CT molecular complexity index is 244. The van der Waals surface area contributed by atoms with Crippen LogP contribution in [0.1, 0.15) is 52.9 Å². The van der Waals surface area contributed by atoms with Crippen molar-refractivity contribution in [1.82, 2.24) is 0 Å². The SMILES string of the molecule is CC1C2CC3CC(C)(C2)CC1(C)C3. The normalized spacial score (nSPS) is 64.4. The van der Waals surface area contributed by atoms with Crippen molar-refractivity contribution in [3.8, 4) is 0 Å². The van der Waals surface area contributed by atoms with Crippen molar-refractivity contribution in [2.45, 2.75) is 52.9 Å². The smallest absolute Gasteiger partial charge is 0.0290 e. The molecule has 0 amide bonds. The van der Waals surface area contributed by atoms with E-state index in [9.17, 15) is 0 Å². The van der Waals surface area contributed by atoms with E-state index in [1.54, 1.807) is 25.7 Å². The molecule has 5 atom stereocenters. The Labute approximate surface area is 82.1 Å². The lowest BCUT2D eigenvalue weighted by Gasteiger charge is -2.63. The van der Waals surface area contributed by atoms with Crippen molar-refractivity contribution >= 4 is 0 Å². The summed E-state index contributed by atoms with van der Waals surface area (Å²) in [5.74, 6) is 3.19. The first-order valence-corrected chi connectivity index (χ1v) is 6.01. The van der Waals surface area contributed by atoms with Crippen molar-refractivity contribution in [1.29, 1.82) is 0 Å². The topological polar surface area (TPSA) is 0 Å². The van der Waals surface area contributed by atoms with Crippen LogP contribution < -0.4 is 0 Å². The summed E-state index contributed by atoms with van der Waals surface area (Å²) in [6, 6.07) is 0. The van der Waals surface area contributed by atoms with Gasteiger partial charge < -0.3 is 0 Å². The maximum atomic E-state index is 2.56. The van der Waals surface area contributed by atoms with Crippen LogP contribution in [0.5, 0.6) is 0 Å². The summed E-state index contributed by atoms with van der Waals surface area (Å²) in [6.45, 7) is 7.63. The van der Waals surface area contributed by atoms with Crippen LogP contribution in [0.2, 0.25) is 0 Å². The average Bonchev–Trinajstić information content (AvgIpc) is 1.96. The molecule has 4 rings (SSSR count). The maximum absolute atomic E-state index is 2.56. The van der Waals surface area contributed by atoms with E-state index in [-0.39, 0.29) is 0 Å². The Kier molecular flexibility index (Phi) is 1.37. The Morgan fingerprint density at radius 2 is 1.85 bits per heavy atom. The van der Waals surface area contributed by atoms with Gasteiger partial charge in [-0.3, -0.25) is 0 Å². The summed E-state index contributed by atoms with van der Waals surface area (Å²) in [5, 5.41) is 0. The summed E-state index contributed by atoms with van der Waals surface area (Å²) < 4.78 is 0. The fourth-order valence-electron chi connectivity index (χ4n) is 5.31. The van der Waals surface area contributed by atoms with E-state index in [1.165, 1.54) is 6.42 Å². The fourth-order valence-corrected chi connectivity index (χ4v) is 5.31. The van der Waals surface area contributed by atoms with Gasteiger partial charge in [0, 0.05) is 0 Å². The predicted molar refractivity (Wildman–Crippen MR) is 55.4 cm³/mol. The van der Waals surface area contributed by atoms with Crippen LogP contribution in [-0.2, 0) is 0 Å². The zero-order valence-corrected chi connectivity index (χ0v) is 9.27. The van der Waals surface area contributed by atoms with Gasteiger partial charge in [0.25, 0.3) is 0 Å². The zero-order chi connectivity index (χ0) is 9.27. The van der Waals surface area contributed by atoms with E-state index in [4.69, 9.17) is 0 Å². The molecule has 0 N–H and O–H groups in total. The lowest BCUT2D eigenvalue weighted by atomic mass is 9.42. The monoisotopic (exact) mass is 178 g/mol. The summed E-state index contributed by atoms with van der Waals surface area (Å²) in [6.07, 6.45) is 7.72. The van der Waals surface area contributed by atoms with E-state index in [2.05, 4.69) is 20.8 Å². The highest BCUT2D eigenvalue weighted by atomic mass is 14.6. The summed E-state index contributed by atoms with van der Waals surface area (Å²) in [5.41, 5.74) is 1.46. The van der Waals surface area contributed by atoms with Gasteiger partial charge in [-0.15, -0.1) is 0 Å². The van der Waals surface area contributed by atoms with Crippen LogP contribution in [0, 0.1) is 28.6 Å². The molecule has 0 aromatic carbocycles. The van der Waals surface area contributed by atoms with Gasteiger partial charge in [0.15, 0.2) is 0 Å². The van der Waals surface area contributed by atoms with Crippen molar-refractivity contribution < 1.29 is 0 Å². The molecule has 0 radical (unpaired) electrons. The minimum Gasteiger partial charge on any atom is -0.0617 e. The van der Waals surface area contributed by atoms with Crippen LogP contribution in [0.15, 0.2) is 0 Å². The molecule has 0 heterocycles. The van der Waals surface area contributed by atoms with Crippen LogP contribution in [-0.4, -0.2) is 0 Å². The molecule has 0 nitrogen and oxygen atoms in total. The highest BCUT2D eigenvalue weighted by Gasteiger charge is 2.57. The fraction of sp³-hybridized carbons (Fsp3) is 1.00. The summed E-state index contributed by atoms with van der Waals surface area (Å²) >= 11 is 0. The molecule has 4 aliphatic rings. The molecule has 4 fully saturated rings. The third-order valence-corrected chi connectivity index (χ3v) is 5.56. The third-order valence-electron chi connectivity index (χ3n) is 5.56. The second kappa shape index (κ2) is 2.15. The summed E-state index contributed by atoms with van der Waals surface area (Å²) in [7, 11) is 0. The van der Waals surface area contributed by atoms with E-state index >= 15 is 0 Å². The molecule has 4 saturated carbocycles. The molecule has 0 aliphatic heterocycles. The Hall–Kier alpha value is 0. The van der Waals surface area contributed by atoms with Crippen molar-refractivity contribution in [3.05, 3.63) is 0 Å². The van der Waals surface area contributed by atoms with Gasteiger partial charge in [0.1, 0.15) is 0 Å². The molecule has 0 saturated heterocycles. The highest BCUT2D eigenvalue weighted by Crippen LogP contribution is 2.67. The van der Waals surface area contributed by atoms with Gasteiger partial charge >= 0.3 is 0 Å². The van der Waals surface area contributed by atoms with Crippen molar-refractivity contribution in [3.63, 3.8) is 0 Å². The van der Waals surface area contributed by atoms with E-state index in [1.807, 2.05) is 0 Å². The minimum atomic E-state index is 0.721. The largest absolute Gasteiger partial charge is 0.0617 e. The molecular formula is C13H22. The van der Waals surface area contributed by atoms with E-state index in [0.29, 0.717) is 0 Å². The van der Waals surface area contributed by atoms with Gasteiger partial charge in [0.05, 0.1) is 0 Å².